The van der Waals surface area contributed by atoms with Crippen LogP contribution in [-0.2, 0) is 9.47 Å². The highest BCUT2D eigenvalue weighted by Gasteiger charge is 2.45. The third-order valence-corrected chi connectivity index (χ3v) is 6.95. The number of hydrogen-bond acceptors (Lipinski definition) is 8. The maximum absolute atomic E-state index is 13.1. The second-order valence-corrected chi connectivity index (χ2v) is 13.2. The van der Waals surface area contributed by atoms with Crippen molar-refractivity contribution in [2.24, 2.45) is 0 Å². The zero-order valence-corrected chi connectivity index (χ0v) is 25.0. The predicted octanol–water partition coefficient (Wildman–Crippen LogP) is 6.12. The van der Waals surface area contributed by atoms with Crippen molar-refractivity contribution in [2.75, 3.05) is 17.2 Å². The Labute approximate surface area is 238 Å². The van der Waals surface area contributed by atoms with Crippen LogP contribution >= 0.6 is 0 Å². The Morgan fingerprint density at radius 2 is 1.61 bits per heavy atom. The summed E-state index contributed by atoms with van der Waals surface area (Å²) in [6.45, 7) is 13.2. The highest BCUT2D eigenvalue weighted by Crippen LogP contribution is 2.38. The van der Waals surface area contributed by atoms with E-state index in [4.69, 9.17) is 9.47 Å². The minimum Gasteiger partial charge on any atom is -0.455 e. The Balaban J connectivity index is 1.69. The Morgan fingerprint density at radius 3 is 2.12 bits per heavy atom. The Morgan fingerprint density at radius 1 is 1.02 bits per heavy atom. The second kappa shape index (κ2) is 10.9. The number of fused-ring (bicyclic) bond motifs is 3. The lowest BCUT2D eigenvalue weighted by Crippen LogP contribution is -2.51. The number of hydrogen-bond donors (Lipinski definition) is 2. The number of nitrogens with zero attached hydrogens (tertiary/aromatic N) is 4. The summed E-state index contributed by atoms with van der Waals surface area (Å²) in [7, 11) is 0. The molecule has 0 saturated carbocycles. The van der Waals surface area contributed by atoms with Crippen LogP contribution in [0.2, 0.25) is 0 Å². The molecule has 4 rings (SSSR count). The normalized spacial score (nSPS) is 21.4. The van der Waals surface area contributed by atoms with E-state index in [-0.39, 0.29) is 47.3 Å². The van der Waals surface area contributed by atoms with Gasteiger partial charge < -0.3 is 25.0 Å². The lowest BCUT2D eigenvalue weighted by molar-refractivity contribution is -0.115. The third-order valence-electron chi connectivity index (χ3n) is 6.95. The van der Waals surface area contributed by atoms with Gasteiger partial charge in [0.15, 0.2) is 11.3 Å². The minimum atomic E-state index is -4.45. The standard InChI is InChI=1S/C28H41F3N6O4/c1-15(2)21-22(24(38)40-26(3,4)5)35-37-20(13-19(34-23(21)37)32-14-28(29,30)31)33-16-11-17-9-10-18(12-16)36(17)25(39)41-27(6,7)8/h13,15-18,33H,9-12,14H2,1-8H3,(H,32,34). The van der Waals surface area contributed by atoms with Gasteiger partial charge in [-0.05, 0) is 73.1 Å². The summed E-state index contributed by atoms with van der Waals surface area (Å²) in [5.74, 6) is -0.456. The van der Waals surface area contributed by atoms with Crippen LogP contribution in [0, 0.1) is 0 Å². The molecule has 2 aliphatic heterocycles. The number of nitrogens with one attached hydrogen (secondary N) is 2. The van der Waals surface area contributed by atoms with Crippen LogP contribution in [-0.4, -0.2) is 73.6 Å². The maximum atomic E-state index is 13.1. The fourth-order valence-corrected chi connectivity index (χ4v) is 5.54. The van der Waals surface area contributed by atoms with Crippen molar-refractivity contribution in [3.8, 4) is 0 Å². The molecular weight excluding hydrogens is 541 g/mol. The van der Waals surface area contributed by atoms with Gasteiger partial charge in [-0.3, -0.25) is 0 Å². The highest BCUT2D eigenvalue weighted by atomic mass is 19.4. The molecule has 2 aliphatic rings. The molecule has 2 bridgehead atoms. The fraction of sp³-hybridized carbons (Fsp3) is 0.714. The number of amides is 1. The average molecular weight is 583 g/mol. The summed E-state index contributed by atoms with van der Waals surface area (Å²) in [5, 5.41) is 10.4. The first-order valence-corrected chi connectivity index (χ1v) is 14.1. The summed E-state index contributed by atoms with van der Waals surface area (Å²) >= 11 is 0. The smallest absolute Gasteiger partial charge is 0.410 e. The number of carbonyl (C=O) groups excluding carboxylic acids is 2. The summed E-state index contributed by atoms with van der Waals surface area (Å²) in [4.78, 5) is 32.3. The van der Waals surface area contributed by atoms with Gasteiger partial charge in [0.1, 0.15) is 29.4 Å². The summed E-state index contributed by atoms with van der Waals surface area (Å²) < 4.78 is 51.9. The number of piperidine rings is 1. The number of ether oxygens (including phenoxy) is 2. The average Bonchev–Trinajstić information content (AvgIpc) is 3.31. The zero-order chi connectivity index (χ0) is 30.5. The van der Waals surface area contributed by atoms with Crippen LogP contribution in [0.5, 0.6) is 0 Å². The quantitative estimate of drug-likeness (QED) is 0.392. The maximum Gasteiger partial charge on any atom is 0.410 e. The molecule has 0 radical (unpaired) electrons. The molecule has 41 heavy (non-hydrogen) atoms. The van der Waals surface area contributed by atoms with Crippen molar-refractivity contribution in [3.05, 3.63) is 17.3 Å². The lowest BCUT2D eigenvalue weighted by atomic mass is 9.97. The molecule has 13 heteroatoms. The van der Waals surface area contributed by atoms with Crippen LogP contribution in [0.15, 0.2) is 6.07 Å². The van der Waals surface area contributed by atoms with Crippen molar-refractivity contribution in [3.63, 3.8) is 0 Å². The first-order chi connectivity index (χ1) is 18.8. The molecule has 2 aromatic rings. The van der Waals surface area contributed by atoms with Gasteiger partial charge in [0.05, 0.1) is 0 Å². The van der Waals surface area contributed by atoms with Crippen LogP contribution in [0.3, 0.4) is 0 Å². The molecule has 228 valence electrons. The van der Waals surface area contributed by atoms with E-state index >= 15 is 0 Å². The van der Waals surface area contributed by atoms with Crippen LogP contribution in [0.1, 0.15) is 103 Å². The van der Waals surface area contributed by atoms with E-state index in [9.17, 15) is 22.8 Å². The highest BCUT2D eigenvalue weighted by molar-refractivity contribution is 5.92. The number of alkyl halides is 3. The van der Waals surface area contributed by atoms with Gasteiger partial charge in [-0.15, -0.1) is 0 Å². The largest absolute Gasteiger partial charge is 0.455 e. The fourth-order valence-electron chi connectivity index (χ4n) is 5.54. The number of esters is 1. The number of rotatable bonds is 6. The zero-order valence-electron chi connectivity index (χ0n) is 25.0. The number of carbonyl (C=O) groups is 2. The molecule has 0 spiro atoms. The molecule has 2 N–H and O–H groups in total. The van der Waals surface area contributed by atoms with E-state index in [0.717, 1.165) is 12.8 Å². The van der Waals surface area contributed by atoms with Crippen molar-refractivity contribution >= 4 is 29.3 Å². The van der Waals surface area contributed by atoms with Crippen LogP contribution in [0.25, 0.3) is 5.65 Å². The Bertz CT molecular complexity index is 1280. The SMILES string of the molecule is CC(C)c1c(C(=O)OC(C)(C)C)nn2c(NC3CC4CCC(C3)N4C(=O)OC(C)(C)C)cc(NCC(F)(F)F)nc12. The van der Waals surface area contributed by atoms with Crippen molar-refractivity contribution in [1.82, 2.24) is 19.5 Å². The van der Waals surface area contributed by atoms with Crippen molar-refractivity contribution < 1.29 is 32.2 Å². The molecule has 4 heterocycles. The number of halogens is 3. The van der Waals surface area contributed by atoms with E-state index in [1.54, 1.807) is 20.8 Å². The molecule has 2 aromatic heterocycles. The summed E-state index contributed by atoms with van der Waals surface area (Å²) in [5.41, 5.74) is -0.550. The molecule has 0 aliphatic carbocycles. The first kappa shape index (κ1) is 30.7. The van der Waals surface area contributed by atoms with Gasteiger partial charge in [0.2, 0.25) is 0 Å². The topological polar surface area (TPSA) is 110 Å². The van der Waals surface area contributed by atoms with E-state index in [0.29, 0.717) is 24.2 Å². The van der Waals surface area contributed by atoms with E-state index in [1.165, 1.54) is 10.6 Å². The van der Waals surface area contributed by atoms with Crippen LogP contribution in [0.4, 0.5) is 29.6 Å². The Kier molecular flexibility index (Phi) is 8.14. The molecule has 2 atom stereocenters. The van der Waals surface area contributed by atoms with Gasteiger partial charge >= 0.3 is 18.2 Å². The third kappa shape index (κ3) is 7.34. The second-order valence-electron chi connectivity index (χ2n) is 13.2. The van der Waals surface area contributed by atoms with E-state index in [2.05, 4.69) is 20.7 Å². The molecule has 1 amide bonds. The molecule has 0 aromatic carbocycles. The summed E-state index contributed by atoms with van der Waals surface area (Å²) in [6, 6.07) is 1.32. The lowest BCUT2D eigenvalue weighted by Gasteiger charge is -2.40. The van der Waals surface area contributed by atoms with E-state index < -0.39 is 29.9 Å². The number of anilines is 2. The van der Waals surface area contributed by atoms with Gasteiger partial charge in [-0.2, -0.15) is 22.8 Å². The molecule has 2 unspecified atom stereocenters. The molecular formula is C28H41F3N6O4. The van der Waals surface area contributed by atoms with E-state index in [1.807, 2.05) is 39.5 Å². The van der Waals surface area contributed by atoms with Crippen molar-refractivity contribution in [1.29, 1.82) is 0 Å². The van der Waals surface area contributed by atoms with Crippen molar-refractivity contribution in [2.45, 2.75) is 122 Å². The number of aromatic nitrogens is 3. The predicted molar refractivity (Wildman–Crippen MR) is 148 cm³/mol. The molecule has 10 nitrogen and oxygen atoms in total. The minimum absolute atomic E-state index is 0.00373. The van der Waals surface area contributed by atoms with Gasteiger partial charge in [0.25, 0.3) is 0 Å². The van der Waals surface area contributed by atoms with Crippen LogP contribution < -0.4 is 10.6 Å². The van der Waals surface area contributed by atoms with Gasteiger partial charge in [-0.1, -0.05) is 13.8 Å². The Hall–Kier alpha value is -3.25. The molecule has 2 fully saturated rings. The monoisotopic (exact) mass is 582 g/mol. The summed E-state index contributed by atoms with van der Waals surface area (Å²) in [6.07, 6.45) is -1.84. The van der Waals surface area contributed by atoms with Gasteiger partial charge in [-0.25, -0.2) is 14.6 Å². The molecule has 2 saturated heterocycles. The van der Waals surface area contributed by atoms with Gasteiger partial charge in [0, 0.05) is 29.8 Å². The first-order valence-electron chi connectivity index (χ1n) is 14.1.